The zero-order valence-electron chi connectivity index (χ0n) is 9.54. The summed E-state index contributed by atoms with van der Waals surface area (Å²) in [5.41, 5.74) is 0.465. The smallest absolute Gasteiger partial charge is 0.253 e. The second-order valence-corrected chi connectivity index (χ2v) is 6.18. The molecule has 2 rings (SSSR count). The summed E-state index contributed by atoms with van der Waals surface area (Å²) in [6.07, 6.45) is 1.77. The van der Waals surface area contributed by atoms with E-state index in [2.05, 4.69) is 26.2 Å². The number of rotatable bonds is 3. The molecular formula is C12H10BrClN2OS. The minimum atomic E-state index is -0.188. The van der Waals surface area contributed by atoms with Crippen molar-refractivity contribution in [2.75, 3.05) is 0 Å². The number of hydrogen-bond acceptors (Lipinski definition) is 3. The maximum absolute atomic E-state index is 12.0. The number of carbonyl (C=O) groups is 1. The summed E-state index contributed by atoms with van der Waals surface area (Å²) in [6.45, 7) is 2.40. The molecule has 0 spiro atoms. The molecule has 3 nitrogen and oxygen atoms in total. The number of halogens is 2. The van der Waals surface area contributed by atoms with E-state index in [0.29, 0.717) is 21.6 Å². The van der Waals surface area contributed by atoms with Crippen LogP contribution in [0.5, 0.6) is 0 Å². The van der Waals surface area contributed by atoms with Gasteiger partial charge in [0.2, 0.25) is 0 Å². The fraction of sp³-hybridized carbons (Fsp3) is 0.167. The molecule has 0 aliphatic rings. The van der Waals surface area contributed by atoms with Gasteiger partial charge in [0.15, 0.2) is 0 Å². The summed E-state index contributed by atoms with van der Waals surface area (Å²) in [7, 11) is 0. The molecule has 0 saturated heterocycles. The van der Waals surface area contributed by atoms with Gasteiger partial charge in [-0.05, 0) is 35.0 Å². The van der Waals surface area contributed by atoms with E-state index < -0.39 is 0 Å². The van der Waals surface area contributed by atoms with Gasteiger partial charge in [-0.25, -0.2) is 4.98 Å². The van der Waals surface area contributed by atoms with Crippen LogP contribution < -0.4 is 5.32 Å². The number of nitrogens with zero attached hydrogens (tertiary/aromatic N) is 1. The van der Waals surface area contributed by atoms with Gasteiger partial charge in [0.25, 0.3) is 5.91 Å². The van der Waals surface area contributed by atoms with Gasteiger partial charge in [-0.1, -0.05) is 17.7 Å². The molecule has 1 aromatic carbocycles. The number of hydrogen-bond donors (Lipinski definition) is 1. The van der Waals surface area contributed by atoms with Crippen molar-refractivity contribution < 1.29 is 4.79 Å². The van der Waals surface area contributed by atoms with Gasteiger partial charge < -0.3 is 5.32 Å². The molecule has 18 heavy (non-hydrogen) atoms. The number of thiazole rings is 1. The maximum Gasteiger partial charge on any atom is 0.253 e. The Morgan fingerprint density at radius 3 is 3.00 bits per heavy atom. The number of carbonyl (C=O) groups excluding carboxylic acids is 1. The maximum atomic E-state index is 12.0. The molecule has 94 valence electrons. The van der Waals surface area contributed by atoms with Crippen molar-refractivity contribution in [3.8, 4) is 0 Å². The molecular weight excluding hydrogens is 336 g/mol. The SMILES string of the molecule is Cc1ncc(CNC(=O)c2cccc(Br)c2Cl)s1. The molecule has 1 aromatic heterocycles. The quantitative estimate of drug-likeness (QED) is 0.919. The Morgan fingerprint density at radius 2 is 2.33 bits per heavy atom. The highest BCUT2D eigenvalue weighted by atomic mass is 79.9. The third kappa shape index (κ3) is 3.10. The van der Waals surface area contributed by atoms with Gasteiger partial charge in [0, 0.05) is 15.5 Å². The van der Waals surface area contributed by atoms with Crippen molar-refractivity contribution in [2.45, 2.75) is 13.5 Å². The lowest BCUT2D eigenvalue weighted by Gasteiger charge is -2.06. The minimum absolute atomic E-state index is 0.188. The Morgan fingerprint density at radius 1 is 1.56 bits per heavy atom. The Balaban J connectivity index is 2.06. The molecule has 6 heteroatoms. The Hall–Kier alpha value is -0.910. The van der Waals surface area contributed by atoms with E-state index in [0.717, 1.165) is 9.88 Å². The van der Waals surface area contributed by atoms with Crippen LogP contribution in [0.2, 0.25) is 5.02 Å². The van der Waals surface area contributed by atoms with Crippen molar-refractivity contribution in [3.05, 3.63) is 49.3 Å². The van der Waals surface area contributed by atoms with Crippen LogP contribution in [0.4, 0.5) is 0 Å². The molecule has 0 bridgehead atoms. The average Bonchev–Trinajstić information content (AvgIpc) is 2.76. The molecule has 2 aromatic rings. The molecule has 0 aliphatic carbocycles. The molecule has 0 atom stereocenters. The number of benzene rings is 1. The lowest BCUT2D eigenvalue weighted by atomic mass is 10.2. The number of aromatic nitrogens is 1. The topological polar surface area (TPSA) is 42.0 Å². The first kappa shape index (κ1) is 13.5. The molecule has 1 heterocycles. The van der Waals surface area contributed by atoms with Crippen LogP contribution >= 0.6 is 38.9 Å². The third-order valence-electron chi connectivity index (χ3n) is 2.29. The van der Waals surface area contributed by atoms with Crippen LogP contribution in [-0.4, -0.2) is 10.9 Å². The van der Waals surface area contributed by atoms with E-state index in [1.807, 2.05) is 6.92 Å². The van der Waals surface area contributed by atoms with Gasteiger partial charge in [0.1, 0.15) is 0 Å². The minimum Gasteiger partial charge on any atom is -0.347 e. The molecule has 0 unspecified atom stereocenters. The van der Waals surface area contributed by atoms with E-state index in [-0.39, 0.29) is 5.91 Å². The summed E-state index contributed by atoms with van der Waals surface area (Å²) in [6, 6.07) is 5.27. The first-order chi connectivity index (χ1) is 8.58. The van der Waals surface area contributed by atoms with Gasteiger partial charge in [-0.2, -0.15) is 0 Å². The van der Waals surface area contributed by atoms with E-state index in [1.165, 1.54) is 0 Å². The van der Waals surface area contributed by atoms with Crippen LogP contribution in [0.15, 0.2) is 28.9 Å². The van der Waals surface area contributed by atoms with Crippen molar-refractivity contribution >= 4 is 44.8 Å². The van der Waals surface area contributed by atoms with Gasteiger partial charge in [0.05, 0.1) is 22.1 Å². The largest absolute Gasteiger partial charge is 0.347 e. The highest BCUT2D eigenvalue weighted by Crippen LogP contribution is 2.25. The molecule has 0 aliphatic heterocycles. The van der Waals surface area contributed by atoms with Crippen molar-refractivity contribution in [2.24, 2.45) is 0 Å². The standard InChI is InChI=1S/C12H10BrClN2OS/c1-7-15-5-8(18-7)6-16-12(17)9-3-2-4-10(13)11(9)14/h2-5H,6H2,1H3,(H,16,17). The fourth-order valence-electron chi connectivity index (χ4n) is 1.43. The zero-order chi connectivity index (χ0) is 13.1. The number of nitrogens with one attached hydrogen (secondary N) is 1. The predicted molar refractivity (Wildman–Crippen MR) is 77.2 cm³/mol. The van der Waals surface area contributed by atoms with Gasteiger partial charge in [-0.3, -0.25) is 4.79 Å². The van der Waals surface area contributed by atoms with Crippen LogP contribution in [0.3, 0.4) is 0 Å². The van der Waals surface area contributed by atoms with Crippen LogP contribution in [0, 0.1) is 6.92 Å². The second kappa shape index (κ2) is 5.82. The second-order valence-electron chi connectivity index (χ2n) is 3.63. The Kier molecular flexibility index (Phi) is 4.37. The lowest BCUT2D eigenvalue weighted by molar-refractivity contribution is 0.0951. The monoisotopic (exact) mass is 344 g/mol. The third-order valence-corrected chi connectivity index (χ3v) is 4.50. The fourth-order valence-corrected chi connectivity index (χ4v) is 2.74. The van der Waals surface area contributed by atoms with Crippen molar-refractivity contribution in [1.82, 2.24) is 10.3 Å². The first-order valence-corrected chi connectivity index (χ1v) is 7.20. The van der Waals surface area contributed by atoms with Crippen LogP contribution in [0.1, 0.15) is 20.2 Å². The summed E-state index contributed by atoms with van der Waals surface area (Å²) in [5.74, 6) is -0.188. The molecule has 0 fully saturated rings. The van der Waals surface area contributed by atoms with Crippen LogP contribution in [-0.2, 0) is 6.54 Å². The summed E-state index contributed by atoms with van der Waals surface area (Å²) in [5, 5.41) is 4.24. The normalized spacial score (nSPS) is 10.4. The van der Waals surface area contributed by atoms with Gasteiger partial charge in [-0.15, -0.1) is 11.3 Å². The van der Waals surface area contributed by atoms with Crippen LogP contribution in [0.25, 0.3) is 0 Å². The van der Waals surface area contributed by atoms with E-state index >= 15 is 0 Å². The molecule has 0 saturated carbocycles. The summed E-state index contributed by atoms with van der Waals surface area (Å²) < 4.78 is 0.713. The summed E-state index contributed by atoms with van der Waals surface area (Å²) in [4.78, 5) is 17.1. The highest BCUT2D eigenvalue weighted by Gasteiger charge is 2.12. The Bertz CT molecular complexity index is 585. The van der Waals surface area contributed by atoms with Crippen molar-refractivity contribution in [1.29, 1.82) is 0 Å². The molecule has 1 amide bonds. The first-order valence-electron chi connectivity index (χ1n) is 5.21. The van der Waals surface area contributed by atoms with Crippen molar-refractivity contribution in [3.63, 3.8) is 0 Å². The van der Waals surface area contributed by atoms with E-state index in [9.17, 15) is 4.79 Å². The molecule has 1 N–H and O–H groups in total. The zero-order valence-corrected chi connectivity index (χ0v) is 12.7. The summed E-state index contributed by atoms with van der Waals surface area (Å²) >= 11 is 10.9. The Labute approximate surface area is 122 Å². The number of aryl methyl sites for hydroxylation is 1. The number of amides is 1. The van der Waals surface area contributed by atoms with Gasteiger partial charge >= 0.3 is 0 Å². The highest BCUT2D eigenvalue weighted by molar-refractivity contribution is 9.10. The lowest BCUT2D eigenvalue weighted by Crippen LogP contribution is -2.22. The van der Waals surface area contributed by atoms with E-state index in [1.54, 1.807) is 35.7 Å². The molecule has 0 radical (unpaired) electrons. The average molecular weight is 346 g/mol. The predicted octanol–water partition coefficient (Wildman–Crippen LogP) is 3.80. The van der Waals surface area contributed by atoms with E-state index in [4.69, 9.17) is 11.6 Å².